The van der Waals surface area contributed by atoms with Crippen LogP contribution in [0.15, 0.2) is 18.2 Å². The quantitative estimate of drug-likeness (QED) is 0.464. The van der Waals surface area contributed by atoms with Crippen molar-refractivity contribution in [3.63, 3.8) is 0 Å². The highest BCUT2D eigenvalue weighted by atomic mass is 32.2. The lowest BCUT2D eigenvalue weighted by Crippen LogP contribution is -2.28. The van der Waals surface area contributed by atoms with E-state index in [9.17, 15) is 26.4 Å². The number of carbonyl (C=O) groups excluding carboxylic acids is 1. The number of rotatable bonds is 5. The standard InChI is InChI=1S/C11H11F3O6S/c1-18-8-4-3-7(6-10(15)19-2)5-9(8)20-21(16,17)11(12,13)14/h3-5H,6H2,1-2H3. The molecular weight excluding hydrogens is 317 g/mol. The third-order valence-corrected chi connectivity index (χ3v) is 3.25. The van der Waals surface area contributed by atoms with Crippen LogP contribution in [0.5, 0.6) is 11.5 Å². The maximum atomic E-state index is 12.3. The van der Waals surface area contributed by atoms with Gasteiger partial charge in [0.1, 0.15) is 0 Å². The summed E-state index contributed by atoms with van der Waals surface area (Å²) in [6, 6.07) is 3.50. The van der Waals surface area contributed by atoms with Crippen LogP contribution in [-0.2, 0) is 26.1 Å². The first-order valence-corrected chi connectivity index (χ1v) is 6.76. The van der Waals surface area contributed by atoms with Crippen LogP contribution in [0.25, 0.3) is 0 Å². The highest BCUT2D eigenvalue weighted by Crippen LogP contribution is 2.33. The van der Waals surface area contributed by atoms with Gasteiger partial charge in [0.05, 0.1) is 20.6 Å². The Bertz CT molecular complexity index is 623. The maximum absolute atomic E-state index is 12.3. The second kappa shape index (κ2) is 6.20. The zero-order valence-corrected chi connectivity index (χ0v) is 11.7. The van der Waals surface area contributed by atoms with Gasteiger partial charge in [0.2, 0.25) is 0 Å². The Balaban J connectivity index is 3.15. The van der Waals surface area contributed by atoms with E-state index in [0.29, 0.717) is 0 Å². The van der Waals surface area contributed by atoms with Crippen LogP contribution in [0.2, 0.25) is 0 Å². The van der Waals surface area contributed by atoms with E-state index < -0.39 is 27.3 Å². The van der Waals surface area contributed by atoms with Gasteiger partial charge in [0.25, 0.3) is 0 Å². The van der Waals surface area contributed by atoms with E-state index in [2.05, 4.69) is 8.92 Å². The van der Waals surface area contributed by atoms with Gasteiger partial charge >= 0.3 is 21.6 Å². The van der Waals surface area contributed by atoms with Crippen molar-refractivity contribution < 1.29 is 40.0 Å². The number of methoxy groups -OCH3 is 2. The van der Waals surface area contributed by atoms with Crippen molar-refractivity contribution in [3.8, 4) is 11.5 Å². The van der Waals surface area contributed by atoms with Crippen LogP contribution in [0.3, 0.4) is 0 Å². The van der Waals surface area contributed by atoms with Crippen LogP contribution in [0.4, 0.5) is 13.2 Å². The molecule has 0 aliphatic carbocycles. The van der Waals surface area contributed by atoms with E-state index >= 15 is 0 Å². The number of esters is 1. The van der Waals surface area contributed by atoms with Gasteiger partial charge in [0.15, 0.2) is 11.5 Å². The number of hydrogen-bond acceptors (Lipinski definition) is 6. The SMILES string of the molecule is COC(=O)Cc1ccc(OC)c(OS(=O)(=O)C(F)(F)F)c1. The molecule has 0 atom stereocenters. The summed E-state index contributed by atoms with van der Waals surface area (Å²) in [7, 11) is -3.57. The van der Waals surface area contributed by atoms with Gasteiger partial charge in [0, 0.05) is 0 Å². The topological polar surface area (TPSA) is 78.9 Å². The molecule has 10 heteroatoms. The molecule has 0 saturated carbocycles. The lowest BCUT2D eigenvalue weighted by molar-refractivity contribution is -0.139. The fraction of sp³-hybridized carbons (Fsp3) is 0.364. The average Bonchev–Trinajstić information content (AvgIpc) is 2.37. The molecule has 6 nitrogen and oxygen atoms in total. The molecule has 1 rings (SSSR count). The fourth-order valence-corrected chi connectivity index (χ4v) is 1.76. The summed E-state index contributed by atoms with van der Waals surface area (Å²) in [6.07, 6.45) is -0.261. The summed E-state index contributed by atoms with van der Waals surface area (Å²) < 4.78 is 72.0. The highest BCUT2D eigenvalue weighted by molar-refractivity contribution is 7.88. The summed E-state index contributed by atoms with van der Waals surface area (Å²) in [5, 5.41) is 0. The minimum Gasteiger partial charge on any atom is -0.493 e. The molecule has 0 aliphatic heterocycles. The molecule has 0 fully saturated rings. The number of halogens is 3. The van der Waals surface area contributed by atoms with Gasteiger partial charge in [-0.15, -0.1) is 0 Å². The first-order valence-electron chi connectivity index (χ1n) is 5.35. The molecule has 0 aromatic heterocycles. The monoisotopic (exact) mass is 328 g/mol. The van der Waals surface area contributed by atoms with E-state index in [1.165, 1.54) is 12.1 Å². The molecule has 0 heterocycles. The highest BCUT2D eigenvalue weighted by Gasteiger charge is 2.49. The Kier molecular flexibility index (Phi) is 5.05. The summed E-state index contributed by atoms with van der Waals surface area (Å²) in [5.74, 6) is -1.54. The van der Waals surface area contributed by atoms with E-state index in [4.69, 9.17) is 4.74 Å². The third-order valence-electron chi connectivity index (χ3n) is 2.29. The van der Waals surface area contributed by atoms with Gasteiger partial charge in [-0.05, 0) is 17.7 Å². The largest absolute Gasteiger partial charge is 0.534 e. The number of carbonyl (C=O) groups is 1. The Morgan fingerprint density at radius 2 is 1.81 bits per heavy atom. The zero-order valence-electron chi connectivity index (χ0n) is 10.9. The molecule has 0 radical (unpaired) electrons. The molecule has 1 aromatic carbocycles. The number of ether oxygens (including phenoxy) is 2. The van der Waals surface area contributed by atoms with Crippen LogP contribution in [-0.4, -0.2) is 34.1 Å². The summed E-state index contributed by atoms with van der Waals surface area (Å²) >= 11 is 0. The molecule has 0 saturated heterocycles. The van der Waals surface area contributed by atoms with Gasteiger partial charge in [-0.3, -0.25) is 4.79 Å². The summed E-state index contributed by atoms with van der Waals surface area (Å²) in [4.78, 5) is 11.1. The Hall–Kier alpha value is -1.97. The fourth-order valence-electron chi connectivity index (χ4n) is 1.30. The molecule has 0 aliphatic rings. The normalized spacial score (nSPS) is 11.9. The second-order valence-corrected chi connectivity index (χ2v) is 5.26. The second-order valence-electron chi connectivity index (χ2n) is 3.72. The molecular formula is C11H11F3O6S. The van der Waals surface area contributed by atoms with Crippen molar-refractivity contribution in [2.24, 2.45) is 0 Å². The molecule has 21 heavy (non-hydrogen) atoms. The molecule has 0 N–H and O–H groups in total. The predicted octanol–water partition coefficient (Wildman–Crippen LogP) is 1.64. The van der Waals surface area contributed by atoms with Gasteiger partial charge in [-0.25, -0.2) is 0 Å². The third kappa shape index (κ3) is 4.25. The first-order chi connectivity index (χ1) is 9.60. The average molecular weight is 328 g/mol. The van der Waals surface area contributed by atoms with Crippen LogP contribution in [0, 0.1) is 0 Å². The van der Waals surface area contributed by atoms with E-state index in [0.717, 1.165) is 20.3 Å². The van der Waals surface area contributed by atoms with Crippen LogP contribution < -0.4 is 8.92 Å². The van der Waals surface area contributed by atoms with Gasteiger partial charge in [-0.2, -0.15) is 21.6 Å². The molecule has 1 aromatic rings. The molecule has 118 valence electrons. The van der Waals surface area contributed by atoms with Crippen molar-refractivity contribution in [1.29, 1.82) is 0 Å². The zero-order chi connectivity index (χ0) is 16.3. The molecule has 0 spiro atoms. The van der Waals surface area contributed by atoms with Gasteiger partial charge < -0.3 is 13.7 Å². The van der Waals surface area contributed by atoms with E-state index in [1.54, 1.807) is 0 Å². The Morgan fingerprint density at radius 1 is 1.19 bits per heavy atom. The Labute approximate surface area is 118 Å². The summed E-state index contributed by atoms with van der Waals surface area (Å²) in [6.45, 7) is 0. The van der Waals surface area contributed by atoms with Crippen molar-refractivity contribution in [2.75, 3.05) is 14.2 Å². The lowest BCUT2D eigenvalue weighted by Gasteiger charge is -2.13. The minimum absolute atomic E-state index is 0.204. The number of hydrogen-bond donors (Lipinski definition) is 0. The van der Waals surface area contributed by atoms with Crippen LogP contribution in [0.1, 0.15) is 5.56 Å². The van der Waals surface area contributed by atoms with E-state index in [1.807, 2.05) is 0 Å². The van der Waals surface area contributed by atoms with Crippen molar-refractivity contribution >= 4 is 16.1 Å². The van der Waals surface area contributed by atoms with Crippen molar-refractivity contribution in [2.45, 2.75) is 11.9 Å². The molecule has 0 bridgehead atoms. The smallest absolute Gasteiger partial charge is 0.493 e. The minimum atomic E-state index is -5.83. The summed E-state index contributed by atoms with van der Waals surface area (Å²) in [5.41, 5.74) is -5.37. The molecule has 0 unspecified atom stereocenters. The van der Waals surface area contributed by atoms with Crippen molar-refractivity contribution in [1.82, 2.24) is 0 Å². The van der Waals surface area contributed by atoms with E-state index in [-0.39, 0.29) is 17.7 Å². The lowest BCUT2D eigenvalue weighted by atomic mass is 10.1. The number of benzene rings is 1. The molecule has 0 amide bonds. The first kappa shape index (κ1) is 17.1. The predicted molar refractivity (Wildman–Crippen MR) is 64.3 cm³/mol. The Morgan fingerprint density at radius 3 is 2.29 bits per heavy atom. The maximum Gasteiger partial charge on any atom is 0.534 e. The van der Waals surface area contributed by atoms with Crippen LogP contribution >= 0.6 is 0 Å². The number of alkyl halides is 3. The van der Waals surface area contributed by atoms with Gasteiger partial charge in [-0.1, -0.05) is 6.07 Å². The van der Waals surface area contributed by atoms with Crippen molar-refractivity contribution in [3.05, 3.63) is 23.8 Å².